The molecule has 17 nitrogen and oxygen atoms in total. The molecule has 0 aromatic heterocycles. The number of hydrogen-bond acceptors (Lipinski definition) is 13. The summed E-state index contributed by atoms with van der Waals surface area (Å²) in [5.41, 5.74) is -6.03. The fourth-order valence-corrected chi connectivity index (χ4v) is 6.95. The Labute approximate surface area is 205 Å². The lowest BCUT2D eigenvalue weighted by Gasteiger charge is -2.33. The first kappa shape index (κ1) is 25.5. The third-order valence-corrected chi connectivity index (χ3v) is 8.36. The standard InChI is InChI=1S/C18H10N4O13S2/c23-9-1-2-10(24)19(9)17(20-11(25)3-4-12(20)26)36(31,32)35-37(33,34)18(21-13(27)5-6-14(21)28)22-15(29)7-8-16(22)30/h1-8,17-18H. The van der Waals surface area contributed by atoms with Gasteiger partial charge in [-0.2, -0.15) is 16.8 Å². The summed E-state index contributed by atoms with van der Waals surface area (Å²) in [4.78, 5) is 96.9. The Kier molecular flexibility index (Phi) is 5.85. The molecule has 0 saturated heterocycles. The van der Waals surface area contributed by atoms with Gasteiger partial charge in [0.25, 0.3) is 58.3 Å². The van der Waals surface area contributed by atoms with Gasteiger partial charge in [0, 0.05) is 48.6 Å². The quantitative estimate of drug-likeness (QED) is 0.260. The summed E-state index contributed by atoms with van der Waals surface area (Å²) in [5, 5.41) is 0. The van der Waals surface area contributed by atoms with Gasteiger partial charge in [0.1, 0.15) is 0 Å². The van der Waals surface area contributed by atoms with Gasteiger partial charge in [0.2, 0.25) is 0 Å². The molecule has 0 spiro atoms. The first-order valence-electron chi connectivity index (χ1n) is 9.57. The van der Waals surface area contributed by atoms with Crippen LogP contribution in [0.15, 0.2) is 48.6 Å². The van der Waals surface area contributed by atoms with Crippen molar-refractivity contribution >= 4 is 67.5 Å². The third-order valence-electron chi connectivity index (χ3n) is 4.96. The molecule has 0 atom stereocenters. The molecule has 0 saturated carbocycles. The van der Waals surface area contributed by atoms with Crippen LogP contribution < -0.4 is 0 Å². The Morgan fingerprint density at radius 1 is 0.405 bits per heavy atom. The number of nitrogens with zero attached hydrogens (tertiary/aromatic N) is 4. The van der Waals surface area contributed by atoms with Crippen LogP contribution >= 0.6 is 0 Å². The lowest BCUT2D eigenvalue weighted by molar-refractivity contribution is -0.150. The first-order chi connectivity index (χ1) is 17.2. The molecule has 19 heteroatoms. The summed E-state index contributed by atoms with van der Waals surface area (Å²) in [6.07, 6.45) is 4.45. The molecule has 0 bridgehead atoms. The van der Waals surface area contributed by atoms with Crippen molar-refractivity contribution in [3.8, 4) is 0 Å². The number of imide groups is 4. The van der Waals surface area contributed by atoms with E-state index >= 15 is 0 Å². The van der Waals surface area contributed by atoms with Gasteiger partial charge >= 0.3 is 20.2 Å². The van der Waals surface area contributed by atoms with E-state index in [2.05, 4.69) is 3.63 Å². The van der Waals surface area contributed by atoms with Gasteiger partial charge in [-0.3, -0.25) is 38.4 Å². The monoisotopic (exact) mass is 554 g/mol. The predicted molar refractivity (Wildman–Crippen MR) is 110 cm³/mol. The van der Waals surface area contributed by atoms with Crippen molar-refractivity contribution in [3.63, 3.8) is 0 Å². The molecular weight excluding hydrogens is 544 g/mol. The van der Waals surface area contributed by atoms with E-state index in [0.29, 0.717) is 48.6 Å². The molecule has 4 aliphatic heterocycles. The molecule has 0 radical (unpaired) electrons. The fourth-order valence-electron chi connectivity index (χ4n) is 3.47. The summed E-state index contributed by atoms with van der Waals surface area (Å²) in [7, 11) is -12.0. The highest BCUT2D eigenvalue weighted by Gasteiger charge is 2.55. The molecular formula is C18H10N4O13S2. The molecule has 0 N–H and O–H groups in total. The van der Waals surface area contributed by atoms with E-state index in [0.717, 1.165) is 0 Å². The molecule has 4 heterocycles. The first-order valence-corrected chi connectivity index (χ1v) is 12.5. The number of carbonyl (C=O) groups excluding carboxylic acids is 8. The Hall–Kier alpha value is -4.62. The summed E-state index contributed by atoms with van der Waals surface area (Å²) in [6.45, 7) is 0. The normalized spacial score (nSPS) is 20.2. The van der Waals surface area contributed by atoms with Crippen molar-refractivity contribution in [2.75, 3.05) is 0 Å². The van der Waals surface area contributed by atoms with E-state index in [4.69, 9.17) is 0 Å². The average molecular weight is 554 g/mol. The number of hydrogen-bond donors (Lipinski definition) is 0. The maximum absolute atomic E-state index is 13.2. The van der Waals surface area contributed by atoms with Crippen LogP contribution in [0.1, 0.15) is 0 Å². The lowest BCUT2D eigenvalue weighted by Crippen LogP contribution is -2.60. The fraction of sp³-hybridized carbons (Fsp3) is 0.111. The maximum atomic E-state index is 13.2. The van der Waals surface area contributed by atoms with Crippen molar-refractivity contribution in [1.29, 1.82) is 0 Å². The van der Waals surface area contributed by atoms with Crippen molar-refractivity contribution in [2.24, 2.45) is 0 Å². The van der Waals surface area contributed by atoms with E-state index in [1.807, 2.05) is 0 Å². The van der Waals surface area contributed by atoms with Gasteiger partial charge in [-0.1, -0.05) is 0 Å². The van der Waals surface area contributed by atoms with Gasteiger partial charge < -0.3 is 0 Å². The molecule has 37 heavy (non-hydrogen) atoms. The van der Waals surface area contributed by atoms with Crippen molar-refractivity contribution in [1.82, 2.24) is 19.6 Å². The molecule has 0 aliphatic carbocycles. The zero-order chi connectivity index (χ0) is 27.4. The lowest BCUT2D eigenvalue weighted by atomic mass is 10.5. The smallest absolute Gasteiger partial charge is 0.269 e. The second-order valence-corrected chi connectivity index (χ2v) is 10.6. The third kappa shape index (κ3) is 4.09. The van der Waals surface area contributed by atoms with Crippen molar-refractivity contribution in [2.45, 2.75) is 11.0 Å². The van der Waals surface area contributed by atoms with E-state index in [1.165, 1.54) is 0 Å². The van der Waals surface area contributed by atoms with Crippen LogP contribution in [-0.2, 0) is 62.2 Å². The topological polar surface area (TPSA) is 227 Å². The van der Waals surface area contributed by atoms with Crippen LogP contribution in [0.2, 0.25) is 0 Å². The largest absolute Gasteiger partial charge is 0.324 e. The number of rotatable bonds is 8. The highest BCUT2D eigenvalue weighted by Crippen LogP contribution is 2.29. The van der Waals surface area contributed by atoms with Gasteiger partial charge in [-0.25, -0.2) is 19.6 Å². The van der Waals surface area contributed by atoms with E-state index < -0.39 is 78.5 Å². The average Bonchev–Trinajstić information content (AvgIpc) is 3.50. The summed E-state index contributed by atoms with van der Waals surface area (Å²) >= 11 is 0. The molecule has 0 aromatic carbocycles. The minimum Gasteiger partial charge on any atom is -0.269 e. The zero-order valence-corrected chi connectivity index (χ0v) is 19.3. The molecule has 8 amide bonds. The summed E-state index contributed by atoms with van der Waals surface area (Å²) in [6, 6.07) is 0. The van der Waals surface area contributed by atoms with Gasteiger partial charge in [-0.15, -0.1) is 3.63 Å². The van der Waals surface area contributed by atoms with Crippen molar-refractivity contribution in [3.05, 3.63) is 48.6 Å². The maximum Gasteiger partial charge on any atom is 0.324 e. The highest BCUT2D eigenvalue weighted by molar-refractivity contribution is 8.00. The highest BCUT2D eigenvalue weighted by atomic mass is 32.3. The minimum absolute atomic E-state index is 0.176. The molecule has 4 rings (SSSR count). The van der Waals surface area contributed by atoms with Gasteiger partial charge in [-0.05, 0) is 0 Å². The number of amides is 8. The van der Waals surface area contributed by atoms with Crippen LogP contribution in [0.3, 0.4) is 0 Å². The number of carbonyl (C=O) groups is 8. The van der Waals surface area contributed by atoms with E-state index in [-0.39, 0.29) is 19.6 Å². The Balaban J connectivity index is 1.81. The van der Waals surface area contributed by atoms with Gasteiger partial charge in [0.15, 0.2) is 0 Å². The Morgan fingerprint density at radius 3 is 0.730 bits per heavy atom. The molecule has 192 valence electrons. The SMILES string of the molecule is O=C1C=CC(=O)N1C(N1C(=O)C=CC1=O)S(=O)(=O)OS(=O)(=O)C(N1C(=O)C=CC1=O)N1C(=O)C=CC1=O. The molecule has 0 fully saturated rings. The van der Waals surface area contributed by atoms with Crippen LogP contribution in [0.5, 0.6) is 0 Å². The van der Waals surface area contributed by atoms with E-state index in [1.54, 1.807) is 0 Å². The van der Waals surface area contributed by atoms with Gasteiger partial charge in [0.05, 0.1) is 0 Å². The zero-order valence-electron chi connectivity index (χ0n) is 17.7. The second kappa shape index (κ2) is 8.50. The molecule has 4 aliphatic rings. The van der Waals surface area contributed by atoms with Crippen molar-refractivity contribution < 1.29 is 58.8 Å². The Bertz CT molecular complexity index is 1300. The van der Waals surface area contributed by atoms with Crippen LogP contribution in [-0.4, -0.2) is 94.7 Å². The Morgan fingerprint density at radius 2 is 0.568 bits per heavy atom. The van der Waals surface area contributed by atoms with Crippen LogP contribution in [0, 0.1) is 0 Å². The summed E-state index contributed by atoms with van der Waals surface area (Å²) < 4.78 is 57.1. The summed E-state index contributed by atoms with van der Waals surface area (Å²) in [5.74, 6) is -11.1. The van der Waals surface area contributed by atoms with E-state index in [9.17, 15) is 55.2 Å². The minimum atomic E-state index is -5.99. The second-order valence-electron chi connectivity index (χ2n) is 7.23. The van der Waals surface area contributed by atoms with Crippen LogP contribution in [0.25, 0.3) is 0 Å². The molecule has 0 aromatic rings. The van der Waals surface area contributed by atoms with Crippen LogP contribution in [0.4, 0.5) is 0 Å². The predicted octanol–water partition coefficient (Wildman–Crippen LogP) is -4.07. The molecule has 0 unspecified atom stereocenters.